The number of hydrogen-bond acceptors (Lipinski definition) is 4. The highest BCUT2D eigenvalue weighted by Gasteiger charge is 2.51. The Labute approximate surface area is 106 Å². The Kier molecular flexibility index (Phi) is 3.46. The van der Waals surface area contributed by atoms with Gasteiger partial charge in [-0.05, 0) is 6.92 Å². The Hall–Kier alpha value is -1.67. The summed E-state index contributed by atoms with van der Waals surface area (Å²) in [6.07, 6.45) is -8.97. The molecule has 1 aliphatic rings. The number of nitrogens with zero attached hydrogens (tertiary/aromatic N) is 1. The van der Waals surface area contributed by atoms with Crippen LogP contribution in [0.15, 0.2) is 24.3 Å². The summed E-state index contributed by atoms with van der Waals surface area (Å²) in [6, 6.07) is 5.16. The summed E-state index contributed by atoms with van der Waals surface area (Å²) in [5.41, 5.74) is -0.0411. The quantitative estimate of drug-likeness (QED) is 0.616. The fourth-order valence-corrected chi connectivity index (χ4v) is 1.83. The third-order valence-electron chi connectivity index (χ3n) is 2.71. The first kappa shape index (κ1) is 13.8. The first-order chi connectivity index (χ1) is 8.79. The van der Waals surface area contributed by atoms with E-state index in [1.807, 2.05) is 0 Å². The molecule has 2 rings (SSSR count). The molecule has 19 heavy (non-hydrogen) atoms. The smallest absolute Gasteiger partial charge is 0.342 e. The van der Waals surface area contributed by atoms with Gasteiger partial charge in [-0.3, -0.25) is 10.1 Å². The predicted octanol–water partition coefficient (Wildman–Crippen LogP) is 2.96. The van der Waals surface area contributed by atoms with Crippen molar-refractivity contribution in [3.63, 3.8) is 0 Å². The minimum absolute atomic E-state index is 0.188. The Morgan fingerprint density at radius 1 is 1.32 bits per heavy atom. The van der Waals surface area contributed by atoms with Gasteiger partial charge in [0.1, 0.15) is 0 Å². The minimum Gasteiger partial charge on any atom is -0.342 e. The third kappa shape index (κ3) is 2.85. The van der Waals surface area contributed by atoms with Crippen molar-refractivity contribution in [2.75, 3.05) is 0 Å². The summed E-state index contributed by atoms with van der Waals surface area (Å²) in [5.74, 6) is 0. The highest BCUT2D eigenvalue weighted by molar-refractivity contribution is 5.35. The van der Waals surface area contributed by atoms with Gasteiger partial charge in [0.2, 0.25) is 0 Å². The van der Waals surface area contributed by atoms with Crippen molar-refractivity contribution in [1.29, 1.82) is 0 Å². The summed E-state index contributed by atoms with van der Waals surface area (Å²) < 4.78 is 47.6. The molecule has 1 heterocycles. The van der Waals surface area contributed by atoms with E-state index in [2.05, 4.69) is 0 Å². The largest absolute Gasteiger partial charge is 0.417 e. The SMILES string of the molecule is C[C@@H]1O[C@H](c2cccc([N+](=O)[O-])c2)O[C@@H]1C(F)(F)F. The number of rotatable bonds is 2. The molecule has 3 atom stereocenters. The fraction of sp³-hybridized carbons (Fsp3) is 0.455. The minimum atomic E-state index is -4.53. The molecule has 0 N–H and O–H groups in total. The van der Waals surface area contributed by atoms with Gasteiger partial charge in [-0.1, -0.05) is 12.1 Å². The van der Waals surface area contributed by atoms with Crippen molar-refractivity contribution in [2.45, 2.75) is 31.6 Å². The van der Waals surface area contributed by atoms with Crippen LogP contribution in [0.4, 0.5) is 18.9 Å². The predicted molar refractivity (Wildman–Crippen MR) is 57.3 cm³/mol. The van der Waals surface area contributed by atoms with Crippen LogP contribution in [0.5, 0.6) is 0 Å². The van der Waals surface area contributed by atoms with Gasteiger partial charge < -0.3 is 9.47 Å². The van der Waals surface area contributed by atoms with E-state index in [-0.39, 0.29) is 11.3 Å². The molecule has 0 amide bonds. The Morgan fingerprint density at radius 2 is 2.00 bits per heavy atom. The molecule has 8 heteroatoms. The van der Waals surface area contributed by atoms with E-state index >= 15 is 0 Å². The summed E-state index contributed by atoms with van der Waals surface area (Å²) in [4.78, 5) is 9.96. The molecule has 1 aliphatic heterocycles. The molecule has 0 unspecified atom stereocenters. The molecule has 0 spiro atoms. The highest BCUT2D eigenvalue weighted by Crippen LogP contribution is 2.39. The number of ether oxygens (including phenoxy) is 2. The second-order valence-electron chi connectivity index (χ2n) is 4.12. The van der Waals surface area contributed by atoms with E-state index in [1.54, 1.807) is 0 Å². The maximum Gasteiger partial charge on any atom is 0.417 e. The van der Waals surface area contributed by atoms with Crippen LogP contribution in [0.1, 0.15) is 18.8 Å². The zero-order chi connectivity index (χ0) is 14.2. The second kappa shape index (κ2) is 4.78. The Bertz CT molecular complexity index is 491. The summed E-state index contributed by atoms with van der Waals surface area (Å²) >= 11 is 0. The van der Waals surface area contributed by atoms with Gasteiger partial charge in [0.05, 0.1) is 11.0 Å². The molecule has 0 aliphatic carbocycles. The van der Waals surface area contributed by atoms with Crippen LogP contribution in [0.25, 0.3) is 0 Å². The molecule has 1 aromatic rings. The van der Waals surface area contributed by atoms with Crippen LogP contribution in [-0.4, -0.2) is 23.3 Å². The molecule has 1 aromatic carbocycles. The average molecular weight is 277 g/mol. The lowest BCUT2D eigenvalue weighted by Crippen LogP contribution is -2.35. The normalized spacial score (nSPS) is 27.5. The first-order valence-electron chi connectivity index (χ1n) is 5.41. The Morgan fingerprint density at radius 3 is 2.53 bits per heavy atom. The van der Waals surface area contributed by atoms with Crippen molar-refractivity contribution in [2.24, 2.45) is 0 Å². The standard InChI is InChI=1S/C11H10F3NO4/c1-6-9(11(12,13)14)19-10(18-6)7-3-2-4-8(5-7)15(16)17/h2-6,9-10H,1H3/t6-,9-,10-/m0/s1. The number of hydrogen-bond donors (Lipinski definition) is 0. The molecule has 0 aromatic heterocycles. The van der Waals surface area contributed by atoms with Crippen molar-refractivity contribution >= 4 is 5.69 Å². The number of nitro benzene ring substituents is 1. The molecule has 0 bridgehead atoms. The van der Waals surface area contributed by atoms with Crippen LogP contribution in [0, 0.1) is 10.1 Å². The molecule has 104 valence electrons. The lowest BCUT2D eigenvalue weighted by molar-refractivity contribution is -0.385. The van der Waals surface area contributed by atoms with Crippen LogP contribution in [0.2, 0.25) is 0 Å². The summed E-state index contributed by atoms with van der Waals surface area (Å²) in [6.45, 7) is 1.25. The zero-order valence-corrected chi connectivity index (χ0v) is 9.76. The van der Waals surface area contributed by atoms with E-state index in [0.29, 0.717) is 0 Å². The summed E-state index contributed by atoms with van der Waals surface area (Å²) in [5, 5.41) is 10.6. The molecular formula is C11H10F3NO4. The summed E-state index contributed by atoms with van der Waals surface area (Å²) in [7, 11) is 0. The maximum atomic E-state index is 12.6. The maximum absolute atomic E-state index is 12.6. The van der Waals surface area contributed by atoms with E-state index in [4.69, 9.17) is 9.47 Å². The topological polar surface area (TPSA) is 61.6 Å². The van der Waals surface area contributed by atoms with E-state index in [1.165, 1.54) is 25.1 Å². The Balaban J connectivity index is 2.21. The van der Waals surface area contributed by atoms with Gasteiger partial charge in [-0.2, -0.15) is 13.2 Å². The molecule has 1 fully saturated rings. The highest BCUT2D eigenvalue weighted by atomic mass is 19.4. The van der Waals surface area contributed by atoms with Crippen LogP contribution < -0.4 is 0 Å². The van der Waals surface area contributed by atoms with Gasteiger partial charge in [0.25, 0.3) is 5.69 Å². The number of benzene rings is 1. The van der Waals surface area contributed by atoms with Gasteiger partial charge in [0, 0.05) is 17.7 Å². The van der Waals surface area contributed by atoms with Crippen molar-refractivity contribution in [3.8, 4) is 0 Å². The van der Waals surface area contributed by atoms with Gasteiger partial charge in [-0.15, -0.1) is 0 Å². The zero-order valence-electron chi connectivity index (χ0n) is 9.76. The average Bonchev–Trinajstić information content (AvgIpc) is 2.71. The van der Waals surface area contributed by atoms with E-state index in [9.17, 15) is 23.3 Å². The lowest BCUT2D eigenvalue weighted by atomic mass is 10.2. The lowest BCUT2D eigenvalue weighted by Gasteiger charge is -2.16. The molecule has 0 saturated carbocycles. The monoisotopic (exact) mass is 277 g/mol. The van der Waals surface area contributed by atoms with Gasteiger partial charge in [0.15, 0.2) is 12.4 Å². The molecule has 0 radical (unpaired) electrons. The van der Waals surface area contributed by atoms with Crippen molar-refractivity contribution in [3.05, 3.63) is 39.9 Å². The first-order valence-corrected chi connectivity index (χ1v) is 5.41. The van der Waals surface area contributed by atoms with Crippen molar-refractivity contribution < 1.29 is 27.6 Å². The number of nitro groups is 1. The second-order valence-corrected chi connectivity index (χ2v) is 4.12. The van der Waals surface area contributed by atoms with Gasteiger partial charge in [-0.25, -0.2) is 0 Å². The van der Waals surface area contributed by atoms with Gasteiger partial charge >= 0.3 is 6.18 Å². The van der Waals surface area contributed by atoms with Crippen LogP contribution in [-0.2, 0) is 9.47 Å². The molecular weight excluding hydrogens is 267 g/mol. The number of non-ortho nitro benzene ring substituents is 1. The van der Waals surface area contributed by atoms with E-state index < -0.39 is 29.6 Å². The fourth-order valence-electron chi connectivity index (χ4n) is 1.83. The number of alkyl halides is 3. The molecule has 5 nitrogen and oxygen atoms in total. The van der Waals surface area contributed by atoms with Crippen LogP contribution in [0.3, 0.4) is 0 Å². The molecule has 1 saturated heterocycles. The number of halogens is 3. The van der Waals surface area contributed by atoms with E-state index in [0.717, 1.165) is 6.07 Å². The van der Waals surface area contributed by atoms with Crippen molar-refractivity contribution in [1.82, 2.24) is 0 Å². The third-order valence-corrected chi connectivity index (χ3v) is 2.71. The van der Waals surface area contributed by atoms with Crippen LogP contribution >= 0.6 is 0 Å².